The molecular weight excluding hydrogens is 511 g/mol. The van der Waals surface area contributed by atoms with Crippen LogP contribution in [0.5, 0.6) is 11.6 Å². The number of rotatable bonds is 11. The number of pyridine rings is 1. The lowest BCUT2D eigenvalue weighted by molar-refractivity contribution is -0.195. The van der Waals surface area contributed by atoms with Gasteiger partial charge >= 0.3 is 12.1 Å². The quantitative estimate of drug-likeness (QED) is 0.389. The topological polar surface area (TPSA) is 75.1 Å². The summed E-state index contributed by atoms with van der Waals surface area (Å²) in [5, 5.41) is 9.31. The Balaban J connectivity index is 1.23. The van der Waals surface area contributed by atoms with E-state index in [1.54, 1.807) is 24.4 Å². The number of hydrogen-bond acceptors (Lipinski definition) is 6. The first-order chi connectivity index (χ1) is 18.7. The molecule has 1 aromatic heterocycles. The zero-order chi connectivity index (χ0) is 27.6. The summed E-state index contributed by atoms with van der Waals surface area (Å²) < 4.78 is 53.9. The molecule has 0 amide bonds. The number of piperidine rings is 1. The van der Waals surface area contributed by atoms with Gasteiger partial charge in [0.15, 0.2) is 0 Å². The number of likely N-dealkylation sites (tertiary alicyclic amines) is 1. The summed E-state index contributed by atoms with van der Waals surface area (Å²) in [6, 6.07) is 7.02. The zero-order valence-electron chi connectivity index (χ0n) is 22.2. The largest absolute Gasteiger partial charge is 0.497 e. The summed E-state index contributed by atoms with van der Waals surface area (Å²) in [6.07, 6.45) is 1.84. The third-order valence-corrected chi connectivity index (χ3v) is 8.29. The molecule has 3 heterocycles. The molecule has 3 aliphatic rings. The van der Waals surface area contributed by atoms with Gasteiger partial charge in [0.05, 0.1) is 20.1 Å². The Morgan fingerprint density at radius 2 is 1.85 bits per heavy atom. The third kappa shape index (κ3) is 6.59. The van der Waals surface area contributed by atoms with Crippen LogP contribution in [0.3, 0.4) is 0 Å². The first-order valence-corrected chi connectivity index (χ1v) is 13.8. The molecule has 1 unspecified atom stereocenters. The summed E-state index contributed by atoms with van der Waals surface area (Å²) in [5.41, 5.74) is 1.82. The van der Waals surface area contributed by atoms with Crippen LogP contribution in [-0.4, -0.2) is 67.0 Å². The van der Waals surface area contributed by atoms with Gasteiger partial charge in [0.1, 0.15) is 11.8 Å². The maximum Gasteiger partial charge on any atom is 0.408 e. The van der Waals surface area contributed by atoms with Crippen LogP contribution in [0.25, 0.3) is 0 Å². The fourth-order valence-corrected chi connectivity index (χ4v) is 5.86. The van der Waals surface area contributed by atoms with Gasteiger partial charge in [-0.15, -0.1) is 0 Å². The van der Waals surface area contributed by atoms with E-state index in [1.165, 1.54) is 12.0 Å². The number of carboxylic acid groups (broad SMARTS) is 1. The van der Waals surface area contributed by atoms with Crippen molar-refractivity contribution in [2.75, 3.05) is 44.8 Å². The van der Waals surface area contributed by atoms with Crippen molar-refractivity contribution in [2.24, 2.45) is 11.8 Å². The van der Waals surface area contributed by atoms with Crippen LogP contribution in [0.1, 0.15) is 61.6 Å². The Morgan fingerprint density at radius 1 is 1.10 bits per heavy atom. The lowest BCUT2D eigenvalue weighted by Gasteiger charge is -2.42. The Labute approximate surface area is 226 Å². The number of anilines is 1. The lowest BCUT2D eigenvalue weighted by atomic mass is 9.92. The van der Waals surface area contributed by atoms with Crippen LogP contribution in [0, 0.1) is 11.8 Å². The van der Waals surface area contributed by atoms with Crippen LogP contribution in [-0.2, 0) is 4.79 Å². The highest BCUT2D eigenvalue weighted by atomic mass is 19.4. The summed E-state index contributed by atoms with van der Waals surface area (Å²) in [5.74, 6) is 0.854. The molecule has 2 aliphatic heterocycles. The van der Waals surface area contributed by atoms with Gasteiger partial charge < -0.3 is 19.5 Å². The van der Waals surface area contributed by atoms with Gasteiger partial charge in [-0.3, -0.25) is 9.69 Å². The molecule has 2 aromatic rings. The highest BCUT2D eigenvalue weighted by molar-refractivity contribution is 5.68. The molecule has 5 rings (SSSR count). The number of alkyl halides is 3. The van der Waals surface area contributed by atoms with Crippen LogP contribution in [0.2, 0.25) is 0 Å². The summed E-state index contributed by atoms with van der Waals surface area (Å²) in [6.45, 7) is 2.59. The molecule has 0 radical (unpaired) electrons. The van der Waals surface area contributed by atoms with Crippen molar-refractivity contribution in [1.29, 1.82) is 0 Å². The molecule has 3 fully saturated rings. The van der Waals surface area contributed by atoms with E-state index in [9.17, 15) is 23.1 Å². The van der Waals surface area contributed by atoms with Crippen molar-refractivity contribution in [3.05, 3.63) is 47.7 Å². The minimum atomic E-state index is -4.36. The Kier molecular flexibility index (Phi) is 8.21. The number of hydrogen-bond donors (Lipinski definition) is 1. The van der Waals surface area contributed by atoms with Crippen LogP contribution in [0.4, 0.5) is 18.9 Å². The summed E-state index contributed by atoms with van der Waals surface area (Å²) >= 11 is 0. The average molecular weight is 548 g/mol. The van der Waals surface area contributed by atoms with Crippen LogP contribution >= 0.6 is 0 Å². The van der Waals surface area contributed by atoms with E-state index in [1.807, 2.05) is 17.0 Å². The first-order valence-electron chi connectivity index (χ1n) is 13.8. The molecule has 1 saturated carbocycles. The van der Waals surface area contributed by atoms with E-state index in [4.69, 9.17) is 9.47 Å². The van der Waals surface area contributed by atoms with E-state index in [0.717, 1.165) is 37.7 Å². The number of nitrogens with zero attached hydrogens (tertiary/aromatic N) is 3. The van der Waals surface area contributed by atoms with E-state index < -0.39 is 18.2 Å². The molecule has 1 N–H and O–H groups in total. The van der Waals surface area contributed by atoms with E-state index in [0.29, 0.717) is 56.0 Å². The second kappa shape index (κ2) is 11.6. The van der Waals surface area contributed by atoms with Crippen molar-refractivity contribution in [2.45, 2.75) is 56.7 Å². The third-order valence-electron chi connectivity index (χ3n) is 8.29. The van der Waals surface area contributed by atoms with Crippen molar-refractivity contribution < 1.29 is 32.5 Å². The molecule has 212 valence electrons. The fraction of sp³-hybridized carbons (Fsp3) is 0.586. The molecule has 1 aromatic carbocycles. The number of carbonyl (C=O) groups is 1. The first kappa shape index (κ1) is 27.6. The van der Waals surface area contributed by atoms with Crippen molar-refractivity contribution in [3.63, 3.8) is 0 Å². The number of aliphatic carboxylic acids is 1. The van der Waals surface area contributed by atoms with Crippen molar-refractivity contribution in [3.8, 4) is 11.6 Å². The van der Waals surface area contributed by atoms with Gasteiger partial charge in [-0.05, 0) is 67.6 Å². The highest BCUT2D eigenvalue weighted by Crippen LogP contribution is 2.46. The van der Waals surface area contributed by atoms with Gasteiger partial charge in [-0.2, -0.15) is 13.2 Å². The number of ether oxygens (including phenoxy) is 2. The van der Waals surface area contributed by atoms with Crippen LogP contribution in [0.15, 0.2) is 36.5 Å². The normalized spacial score (nSPS) is 20.3. The smallest absolute Gasteiger partial charge is 0.408 e. The molecule has 39 heavy (non-hydrogen) atoms. The van der Waals surface area contributed by atoms with Crippen molar-refractivity contribution in [1.82, 2.24) is 9.88 Å². The van der Waals surface area contributed by atoms with E-state index >= 15 is 0 Å². The predicted molar refractivity (Wildman–Crippen MR) is 140 cm³/mol. The van der Waals surface area contributed by atoms with Crippen molar-refractivity contribution >= 4 is 11.7 Å². The molecular formula is C29H36F3N3O4. The number of benzene rings is 1. The fourth-order valence-electron chi connectivity index (χ4n) is 5.86. The molecule has 7 nitrogen and oxygen atoms in total. The SMILES string of the molecule is COc1ccc(C(N2CCC2)C(F)(F)F)c(N2CCC(COc3cc([C@@H](CC(=O)O)C4CC4)ccn3)CC2)c1. The summed E-state index contributed by atoms with van der Waals surface area (Å²) in [7, 11) is 1.52. The predicted octanol–water partition coefficient (Wildman–Crippen LogP) is 5.66. The monoisotopic (exact) mass is 547 g/mol. The zero-order valence-corrected chi connectivity index (χ0v) is 22.2. The molecule has 0 spiro atoms. The van der Waals surface area contributed by atoms with Gasteiger partial charge in [-0.1, -0.05) is 6.07 Å². The van der Waals surface area contributed by atoms with E-state index in [-0.39, 0.29) is 23.8 Å². The molecule has 0 bridgehead atoms. The number of halogens is 3. The maximum absolute atomic E-state index is 14.2. The standard InChI is InChI=1S/C29H36F3N3O4/c1-38-22-5-6-23(28(29(30,31)32)35-11-2-12-35)25(16-22)34-13-8-19(9-14-34)18-39-26-15-21(7-10-33-26)24(17-27(36)37)20-3-4-20/h5-7,10,15-16,19-20,24,28H,2-4,8-9,11-14,17-18H2,1H3,(H,36,37)/t24-,28?/m0/s1. The molecule has 2 saturated heterocycles. The highest BCUT2D eigenvalue weighted by Gasteiger charge is 2.47. The second-order valence-electron chi connectivity index (χ2n) is 11.0. The van der Waals surface area contributed by atoms with Gasteiger partial charge in [0, 0.05) is 55.8 Å². The number of carboxylic acids is 1. The maximum atomic E-state index is 14.2. The molecule has 10 heteroatoms. The van der Waals surface area contributed by atoms with Crippen LogP contribution < -0.4 is 14.4 Å². The Morgan fingerprint density at radius 3 is 2.44 bits per heavy atom. The lowest BCUT2D eigenvalue weighted by Crippen LogP contribution is -2.47. The Hall–Kier alpha value is -3.01. The van der Waals surface area contributed by atoms with E-state index in [2.05, 4.69) is 4.98 Å². The Bertz CT molecular complexity index is 1140. The van der Waals surface area contributed by atoms with Gasteiger partial charge in [-0.25, -0.2) is 4.98 Å². The van der Waals surface area contributed by atoms with Gasteiger partial charge in [0.25, 0.3) is 0 Å². The number of aromatic nitrogens is 1. The molecule has 2 atom stereocenters. The minimum Gasteiger partial charge on any atom is -0.497 e. The second-order valence-corrected chi connectivity index (χ2v) is 11.0. The van der Waals surface area contributed by atoms with Gasteiger partial charge in [0.2, 0.25) is 5.88 Å². The number of methoxy groups -OCH3 is 1. The molecule has 1 aliphatic carbocycles. The summed E-state index contributed by atoms with van der Waals surface area (Å²) in [4.78, 5) is 19.2. The minimum absolute atomic E-state index is 0.0232. The average Bonchev–Trinajstić information content (AvgIpc) is 3.73.